The molecule has 0 unspecified atom stereocenters. The molecule has 0 bridgehead atoms. The van der Waals surface area contributed by atoms with Crippen LogP contribution >= 0.6 is 12.2 Å². The highest BCUT2D eigenvalue weighted by atomic mass is 32.1. The van der Waals surface area contributed by atoms with E-state index in [0.29, 0.717) is 40.2 Å². The van der Waals surface area contributed by atoms with Gasteiger partial charge in [0.05, 0.1) is 24.4 Å². The molecule has 0 fully saturated rings. The minimum Gasteiger partial charge on any atom is -0.495 e. The summed E-state index contributed by atoms with van der Waals surface area (Å²) in [5.41, 5.74) is 2.67. The molecule has 0 aliphatic carbocycles. The van der Waals surface area contributed by atoms with E-state index in [2.05, 4.69) is 22.5 Å². The van der Waals surface area contributed by atoms with Crippen LogP contribution < -0.4 is 25.4 Å². The lowest BCUT2D eigenvalue weighted by molar-refractivity contribution is -0.113. The van der Waals surface area contributed by atoms with Crippen molar-refractivity contribution in [2.45, 2.75) is 13.0 Å². The maximum Gasteiger partial charge on any atom is 0.255 e. The number of benzene rings is 2. The molecule has 2 aromatic rings. The smallest absolute Gasteiger partial charge is 0.255 e. The topological polar surface area (TPSA) is 71.6 Å². The Kier molecular flexibility index (Phi) is 6.51. The Balaban J connectivity index is 1.94. The summed E-state index contributed by atoms with van der Waals surface area (Å²) >= 11 is 5.32. The molecule has 150 valence electrons. The Labute approximate surface area is 175 Å². The predicted octanol–water partition coefficient (Wildman–Crippen LogP) is 3.69. The number of carbonyl (C=O) groups is 1. The van der Waals surface area contributed by atoms with Gasteiger partial charge < -0.3 is 25.4 Å². The zero-order valence-corrected chi connectivity index (χ0v) is 17.1. The average Bonchev–Trinajstić information content (AvgIpc) is 2.72. The Morgan fingerprint density at radius 3 is 2.83 bits per heavy atom. The molecule has 0 aromatic heterocycles. The van der Waals surface area contributed by atoms with E-state index in [0.717, 1.165) is 5.56 Å². The molecule has 2 aromatic carbocycles. The van der Waals surface area contributed by atoms with Gasteiger partial charge in [0.15, 0.2) is 5.11 Å². The van der Waals surface area contributed by atoms with E-state index in [4.69, 9.17) is 21.7 Å². The highest BCUT2D eigenvalue weighted by molar-refractivity contribution is 7.80. The Bertz CT molecular complexity index is 971. The molecule has 3 rings (SSSR count). The molecule has 3 N–H and O–H groups in total. The number of ether oxygens (including phenoxy) is 2. The van der Waals surface area contributed by atoms with Crippen molar-refractivity contribution in [1.29, 1.82) is 0 Å². The SMILES string of the molecule is C=CCOc1cccc([C@@H]2NC(=S)NC(C)=C2C(=O)Nc2ccccc2OC)c1. The number of amides is 1. The summed E-state index contributed by atoms with van der Waals surface area (Å²) in [6.45, 7) is 5.89. The van der Waals surface area contributed by atoms with Gasteiger partial charge in [-0.3, -0.25) is 4.79 Å². The first-order chi connectivity index (χ1) is 14.0. The predicted molar refractivity (Wildman–Crippen MR) is 118 cm³/mol. The highest BCUT2D eigenvalue weighted by Crippen LogP contribution is 2.31. The summed E-state index contributed by atoms with van der Waals surface area (Å²) in [6.07, 6.45) is 1.68. The molecule has 1 atom stereocenters. The Morgan fingerprint density at radius 1 is 1.28 bits per heavy atom. The number of anilines is 1. The number of para-hydroxylation sites is 2. The van der Waals surface area contributed by atoms with Gasteiger partial charge in [0, 0.05) is 5.70 Å². The molecule has 1 amide bonds. The van der Waals surface area contributed by atoms with Gasteiger partial charge in [-0.05, 0) is 49.0 Å². The number of nitrogens with one attached hydrogen (secondary N) is 3. The van der Waals surface area contributed by atoms with Crippen LogP contribution in [0, 0.1) is 0 Å². The number of hydrogen-bond donors (Lipinski definition) is 3. The largest absolute Gasteiger partial charge is 0.495 e. The molecule has 0 spiro atoms. The molecule has 0 saturated carbocycles. The molecular weight excluding hydrogens is 386 g/mol. The van der Waals surface area contributed by atoms with E-state index in [1.807, 2.05) is 43.3 Å². The van der Waals surface area contributed by atoms with Crippen molar-refractivity contribution in [2.24, 2.45) is 0 Å². The third-order valence-electron chi connectivity index (χ3n) is 4.43. The molecule has 1 heterocycles. The van der Waals surface area contributed by atoms with Crippen LogP contribution in [0.15, 0.2) is 72.5 Å². The molecule has 1 aliphatic rings. The summed E-state index contributed by atoms with van der Waals surface area (Å²) in [5, 5.41) is 9.62. The van der Waals surface area contributed by atoms with Gasteiger partial charge in [-0.1, -0.05) is 36.9 Å². The van der Waals surface area contributed by atoms with Crippen LogP contribution in [0.25, 0.3) is 0 Å². The maximum atomic E-state index is 13.2. The number of rotatable bonds is 7. The van der Waals surface area contributed by atoms with Crippen molar-refractivity contribution in [1.82, 2.24) is 10.6 Å². The van der Waals surface area contributed by atoms with E-state index in [-0.39, 0.29) is 5.91 Å². The lowest BCUT2D eigenvalue weighted by Gasteiger charge is -2.30. The molecular formula is C22H23N3O3S. The van der Waals surface area contributed by atoms with Gasteiger partial charge in [-0.15, -0.1) is 0 Å². The molecule has 1 aliphatic heterocycles. The maximum absolute atomic E-state index is 13.2. The van der Waals surface area contributed by atoms with Crippen LogP contribution in [0.5, 0.6) is 11.5 Å². The summed E-state index contributed by atoms with van der Waals surface area (Å²) in [7, 11) is 1.56. The molecule has 0 radical (unpaired) electrons. The molecule has 6 nitrogen and oxygen atoms in total. The summed E-state index contributed by atoms with van der Waals surface area (Å²) in [6, 6.07) is 14.4. The van der Waals surface area contributed by atoms with Crippen LogP contribution in [0.3, 0.4) is 0 Å². The fraction of sp³-hybridized carbons (Fsp3) is 0.182. The quantitative estimate of drug-likeness (QED) is 0.479. The van der Waals surface area contributed by atoms with Crippen molar-refractivity contribution >= 4 is 28.9 Å². The molecule has 7 heteroatoms. The highest BCUT2D eigenvalue weighted by Gasteiger charge is 2.30. The first-order valence-corrected chi connectivity index (χ1v) is 9.50. The van der Waals surface area contributed by atoms with Crippen LogP contribution in [0.4, 0.5) is 5.69 Å². The van der Waals surface area contributed by atoms with Crippen LogP contribution in [0.1, 0.15) is 18.5 Å². The summed E-state index contributed by atoms with van der Waals surface area (Å²) in [5.74, 6) is 1.02. The number of carbonyl (C=O) groups excluding carboxylic acids is 1. The second-order valence-electron chi connectivity index (χ2n) is 6.40. The van der Waals surface area contributed by atoms with Crippen molar-refractivity contribution < 1.29 is 14.3 Å². The minimum atomic E-state index is -0.425. The van der Waals surface area contributed by atoms with E-state index >= 15 is 0 Å². The van der Waals surface area contributed by atoms with Gasteiger partial charge in [-0.2, -0.15) is 0 Å². The van der Waals surface area contributed by atoms with Crippen molar-refractivity contribution in [2.75, 3.05) is 19.0 Å². The van der Waals surface area contributed by atoms with E-state index in [1.165, 1.54) is 0 Å². The zero-order valence-electron chi connectivity index (χ0n) is 16.3. The summed E-state index contributed by atoms with van der Waals surface area (Å²) < 4.78 is 11.0. The fourth-order valence-electron chi connectivity index (χ4n) is 3.12. The lowest BCUT2D eigenvalue weighted by Crippen LogP contribution is -2.45. The second kappa shape index (κ2) is 9.25. The first-order valence-electron chi connectivity index (χ1n) is 9.09. The second-order valence-corrected chi connectivity index (χ2v) is 6.80. The third-order valence-corrected chi connectivity index (χ3v) is 4.65. The monoisotopic (exact) mass is 409 g/mol. The number of thiocarbonyl (C=S) groups is 1. The Hall–Kier alpha value is -3.32. The number of allylic oxidation sites excluding steroid dienone is 1. The van der Waals surface area contributed by atoms with Crippen LogP contribution in [0.2, 0.25) is 0 Å². The van der Waals surface area contributed by atoms with Gasteiger partial charge in [0.1, 0.15) is 18.1 Å². The van der Waals surface area contributed by atoms with Crippen LogP contribution in [-0.4, -0.2) is 24.7 Å². The Morgan fingerprint density at radius 2 is 2.07 bits per heavy atom. The van der Waals surface area contributed by atoms with Crippen LogP contribution in [-0.2, 0) is 4.79 Å². The lowest BCUT2D eigenvalue weighted by atomic mass is 9.94. The average molecular weight is 410 g/mol. The zero-order chi connectivity index (χ0) is 20.8. The van der Waals surface area contributed by atoms with Crippen molar-refractivity contribution in [3.63, 3.8) is 0 Å². The normalized spacial score (nSPS) is 15.8. The van der Waals surface area contributed by atoms with E-state index in [1.54, 1.807) is 25.3 Å². The van der Waals surface area contributed by atoms with Gasteiger partial charge in [0.25, 0.3) is 5.91 Å². The number of hydrogen-bond acceptors (Lipinski definition) is 4. The number of methoxy groups -OCH3 is 1. The summed E-state index contributed by atoms with van der Waals surface area (Å²) in [4.78, 5) is 13.2. The first kappa shape index (κ1) is 20.4. The van der Waals surface area contributed by atoms with Gasteiger partial charge in [0.2, 0.25) is 0 Å². The van der Waals surface area contributed by atoms with E-state index in [9.17, 15) is 4.79 Å². The van der Waals surface area contributed by atoms with Crippen molar-refractivity contribution in [3.8, 4) is 11.5 Å². The van der Waals surface area contributed by atoms with Gasteiger partial charge in [-0.25, -0.2) is 0 Å². The minimum absolute atomic E-state index is 0.253. The standard InChI is InChI=1S/C22H23N3O3S/c1-4-12-28-16-9-7-8-15(13-16)20-19(14(2)23-22(29)25-20)21(26)24-17-10-5-6-11-18(17)27-3/h4-11,13,20H,1,12H2,2-3H3,(H,24,26)(H2,23,25,29)/t20-/m0/s1. The van der Waals surface area contributed by atoms with Gasteiger partial charge >= 0.3 is 0 Å². The third kappa shape index (κ3) is 4.75. The van der Waals surface area contributed by atoms with Crippen molar-refractivity contribution in [3.05, 3.63) is 78.0 Å². The molecule has 29 heavy (non-hydrogen) atoms. The van der Waals surface area contributed by atoms with E-state index < -0.39 is 6.04 Å². The molecule has 0 saturated heterocycles. The fourth-order valence-corrected chi connectivity index (χ4v) is 3.39.